The van der Waals surface area contributed by atoms with E-state index in [2.05, 4.69) is 58.4 Å². The highest BCUT2D eigenvalue weighted by molar-refractivity contribution is 9.10. The summed E-state index contributed by atoms with van der Waals surface area (Å²) in [5, 5.41) is 5.54. The molecule has 0 aromatic heterocycles. The predicted octanol–water partition coefficient (Wildman–Crippen LogP) is 5.63. The van der Waals surface area contributed by atoms with Crippen LogP contribution in [0.15, 0.2) is 46.9 Å². The second-order valence-corrected chi connectivity index (χ2v) is 6.26. The minimum Gasteiger partial charge on any atom is -0.0605 e. The van der Waals surface area contributed by atoms with Gasteiger partial charge in [0.1, 0.15) is 0 Å². The van der Waals surface area contributed by atoms with Gasteiger partial charge >= 0.3 is 0 Å². The average Bonchev–Trinajstić information content (AvgIpc) is 2.47. The van der Waals surface area contributed by atoms with Crippen molar-refractivity contribution in [2.24, 2.45) is 0 Å². The fourth-order valence-corrected chi connectivity index (χ4v) is 3.89. The van der Waals surface area contributed by atoms with Crippen LogP contribution in [0.2, 0.25) is 0 Å². The first-order valence-corrected chi connectivity index (χ1v) is 7.75. The van der Waals surface area contributed by atoms with Crippen LogP contribution in [0.3, 0.4) is 0 Å². The highest BCUT2D eigenvalue weighted by Crippen LogP contribution is 2.35. The molecule has 0 aliphatic heterocycles. The summed E-state index contributed by atoms with van der Waals surface area (Å²) in [6, 6.07) is 15.7. The Hall–Kier alpha value is -1.34. The summed E-state index contributed by atoms with van der Waals surface area (Å²) in [5.74, 6) is 0. The molecule has 94 valence electrons. The quantitative estimate of drug-likeness (QED) is 0.472. The van der Waals surface area contributed by atoms with Crippen molar-refractivity contribution in [2.45, 2.75) is 25.7 Å². The Kier molecular flexibility index (Phi) is 2.63. The highest BCUT2D eigenvalue weighted by atomic mass is 79.9. The van der Waals surface area contributed by atoms with E-state index in [4.69, 9.17) is 0 Å². The van der Waals surface area contributed by atoms with Gasteiger partial charge in [0, 0.05) is 4.47 Å². The van der Waals surface area contributed by atoms with Gasteiger partial charge in [-0.15, -0.1) is 0 Å². The van der Waals surface area contributed by atoms with E-state index in [1.165, 1.54) is 51.7 Å². The molecule has 1 heteroatoms. The van der Waals surface area contributed by atoms with Gasteiger partial charge in [-0.05, 0) is 64.4 Å². The predicted molar refractivity (Wildman–Crippen MR) is 85.8 cm³/mol. The van der Waals surface area contributed by atoms with Gasteiger partial charge in [0.25, 0.3) is 0 Å². The Bertz CT molecular complexity index is 786. The number of benzene rings is 3. The standard InChI is InChI=1S/C18H15Br/c19-18-7-3-6-14-16-9-8-12-4-1-2-5-13(12)15(16)10-11-17(14)18/h3,6-11H,1-2,4-5H2. The van der Waals surface area contributed by atoms with Crippen molar-refractivity contribution >= 4 is 37.5 Å². The Morgan fingerprint density at radius 3 is 2.37 bits per heavy atom. The first kappa shape index (κ1) is 11.5. The maximum Gasteiger partial charge on any atom is 0.0253 e. The van der Waals surface area contributed by atoms with E-state index in [1.54, 1.807) is 11.1 Å². The second kappa shape index (κ2) is 4.35. The van der Waals surface area contributed by atoms with Gasteiger partial charge in [-0.3, -0.25) is 0 Å². The molecule has 0 saturated carbocycles. The van der Waals surface area contributed by atoms with Crippen LogP contribution in [-0.2, 0) is 12.8 Å². The molecular formula is C18H15Br. The van der Waals surface area contributed by atoms with Crippen molar-refractivity contribution < 1.29 is 0 Å². The molecule has 0 spiro atoms. The van der Waals surface area contributed by atoms with E-state index in [1.807, 2.05) is 0 Å². The lowest BCUT2D eigenvalue weighted by Crippen LogP contribution is -2.03. The van der Waals surface area contributed by atoms with Gasteiger partial charge in [-0.1, -0.05) is 52.3 Å². The number of hydrogen-bond acceptors (Lipinski definition) is 0. The molecule has 3 aromatic carbocycles. The molecule has 0 fully saturated rings. The largest absolute Gasteiger partial charge is 0.0605 e. The maximum atomic E-state index is 3.66. The van der Waals surface area contributed by atoms with Crippen LogP contribution in [-0.4, -0.2) is 0 Å². The van der Waals surface area contributed by atoms with Crippen LogP contribution in [0.4, 0.5) is 0 Å². The Balaban J connectivity index is 2.15. The summed E-state index contributed by atoms with van der Waals surface area (Å²) in [6.07, 6.45) is 5.17. The van der Waals surface area contributed by atoms with Crippen molar-refractivity contribution in [1.82, 2.24) is 0 Å². The lowest BCUT2D eigenvalue weighted by Gasteiger charge is -2.18. The Morgan fingerprint density at radius 1 is 0.684 bits per heavy atom. The zero-order chi connectivity index (χ0) is 12.8. The number of aryl methyl sites for hydroxylation is 2. The zero-order valence-electron chi connectivity index (χ0n) is 10.7. The van der Waals surface area contributed by atoms with Crippen molar-refractivity contribution in [1.29, 1.82) is 0 Å². The number of fused-ring (bicyclic) bond motifs is 5. The van der Waals surface area contributed by atoms with Crippen LogP contribution in [0.5, 0.6) is 0 Å². The zero-order valence-corrected chi connectivity index (χ0v) is 12.3. The minimum atomic E-state index is 1.18. The fraction of sp³-hybridized carbons (Fsp3) is 0.222. The topological polar surface area (TPSA) is 0 Å². The van der Waals surface area contributed by atoms with Crippen molar-refractivity contribution in [2.75, 3.05) is 0 Å². The van der Waals surface area contributed by atoms with E-state index in [9.17, 15) is 0 Å². The number of halogens is 1. The van der Waals surface area contributed by atoms with Crippen molar-refractivity contribution in [3.8, 4) is 0 Å². The molecule has 19 heavy (non-hydrogen) atoms. The molecule has 4 rings (SSSR count). The maximum absolute atomic E-state index is 3.66. The van der Waals surface area contributed by atoms with E-state index < -0.39 is 0 Å². The molecule has 1 aliphatic carbocycles. The monoisotopic (exact) mass is 310 g/mol. The van der Waals surface area contributed by atoms with E-state index >= 15 is 0 Å². The van der Waals surface area contributed by atoms with Gasteiger partial charge in [0.15, 0.2) is 0 Å². The third kappa shape index (κ3) is 1.72. The van der Waals surface area contributed by atoms with Gasteiger partial charge in [0.05, 0.1) is 0 Å². The molecule has 0 N–H and O–H groups in total. The number of rotatable bonds is 0. The molecule has 0 unspecified atom stereocenters. The first-order valence-electron chi connectivity index (χ1n) is 6.96. The van der Waals surface area contributed by atoms with E-state index in [0.29, 0.717) is 0 Å². The van der Waals surface area contributed by atoms with Gasteiger partial charge in [-0.25, -0.2) is 0 Å². The molecule has 3 aromatic rings. The van der Waals surface area contributed by atoms with Crippen molar-refractivity contribution in [3.63, 3.8) is 0 Å². The highest BCUT2D eigenvalue weighted by Gasteiger charge is 2.13. The summed E-state index contributed by atoms with van der Waals surface area (Å²) in [6.45, 7) is 0. The Labute approximate surface area is 121 Å². The lowest BCUT2D eigenvalue weighted by atomic mass is 9.86. The smallest absolute Gasteiger partial charge is 0.0253 e. The average molecular weight is 311 g/mol. The normalized spacial score (nSPS) is 14.8. The van der Waals surface area contributed by atoms with E-state index in [0.717, 1.165) is 0 Å². The van der Waals surface area contributed by atoms with Crippen LogP contribution in [0.25, 0.3) is 21.5 Å². The second-order valence-electron chi connectivity index (χ2n) is 5.41. The molecule has 0 amide bonds. The summed E-state index contributed by atoms with van der Waals surface area (Å²) in [4.78, 5) is 0. The van der Waals surface area contributed by atoms with Crippen molar-refractivity contribution in [3.05, 3.63) is 58.1 Å². The third-order valence-electron chi connectivity index (χ3n) is 4.34. The third-order valence-corrected chi connectivity index (χ3v) is 5.03. The molecule has 0 bridgehead atoms. The molecule has 1 aliphatic rings. The first-order chi connectivity index (χ1) is 9.34. The molecule has 0 radical (unpaired) electrons. The molecule has 0 saturated heterocycles. The van der Waals surface area contributed by atoms with Crippen LogP contribution in [0.1, 0.15) is 24.0 Å². The van der Waals surface area contributed by atoms with Crippen LogP contribution >= 0.6 is 15.9 Å². The van der Waals surface area contributed by atoms with E-state index in [-0.39, 0.29) is 0 Å². The summed E-state index contributed by atoms with van der Waals surface area (Å²) in [5.41, 5.74) is 3.15. The van der Waals surface area contributed by atoms with Crippen LogP contribution in [0, 0.1) is 0 Å². The number of hydrogen-bond donors (Lipinski definition) is 0. The molecule has 0 nitrogen and oxygen atoms in total. The van der Waals surface area contributed by atoms with Gasteiger partial charge < -0.3 is 0 Å². The van der Waals surface area contributed by atoms with Gasteiger partial charge in [-0.2, -0.15) is 0 Å². The summed E-state index contributed by atoms with van der Waals surface area (Å²) >= 11 is 3.66. The molecule has 0 heterocycles. The molecule has 0 atom stereocenters. The van der Waals surface area contributed by atoms with Crippen LogP contribution < -0.4 is 0 Å². The van der Waals surface area contributed by atoms with Gasteiger partial charge in [0.2, 0.25) is 0 Å². The summed E-state index contributed by atoms with van der Waals surface area (Å²) < 4.78 is 1.18. The SMILES string of the molecule is Brc1cccc2c1ccc1c3c(ccc12)CCCC3. The fourth-order valence-electron chi connectivity index (χ4n) is 3.39. The lowest BCUT2D eigenvalue weighted by molar-refractivity contribution is 0.690. The minimum absolute atomic E-state index is 1.18. The Morgan fingerprint density at radius 2 is 1.42 bits per heavy atom. The molecular weight excluding hydrogens is 296 g/mol. The summed E-state index contributed by atoms with van der Waals surface area (Å²) in [7, 11) is 0.